The van der Waals surface area contributed by atoms with Crippen molar-refractivity contribution < 1.29 is 4.79 Å². The Balaban J connectivity index is 1.76. The summed E-state index contributed by atoms with van der Waals surface area (Å²) in [6, 6.07) is 12.0. The fraction of sp³-hybridized carbons (Fsp3) is 0.400. The van der Waals surface area contributed by atoms with Crippen molar-refractivity contribution in [2.24, 2.45) is 10.1 Å². The van der Waals surface area contributed by atoms with Gasteiger partial charge in [0, 0.05) is 35.9 Å². The van der Waals surface area contributed by atoms with Crippen molar-refractivity contribution in [3.05, 3.63) is 63.1 Å². The quantitative estimate of drug-likeness (QED) is 0.337. The van der Waals surface area contributed by atoms with E-state index >= 15 is 0 Å². The van der Waals surface area contributed by atoms with Crippen LogP contribution in [0.3, 0.4) is 0 Å². The molecular weight excluding hydrogens is 475 g/mol. The molecule has 0 spiro atoms. The Morgan fingerprint density at radius 3 is 2.67 bits per heavy atom. The summed E-state index contributed by atoms with van der Waals surface area (Å²) in [4.78, 5) is 19.4. The summed E-state index contributed by atoms with van der Waals surface area (Å²) in [5.41, 5.74) is 5.24. The van der Waals surface area contributed by atoms with E-state index in [1.807, 2.05) is 26.0 Å². The van der Waals surface area contributed by atoms with Gasteiger partial charge < -0.3 is 4.90 Å². The number of rotatable bonds is 4. The molecule has 0 saturated heterocycles. The molecule has 1 amide bonds. The van der Waals surface area contributed by atoms with Crippen LogP contribution in [0.2, 0.25) is 10.0 Å². The van der Waals surface area contributed by atoms with Crippen LogP contribution in [0.4, 0.5) is 10.5 Å². The second kappa shape index (κ2) is 9.69. The molecular formula is C25H28Cl2N4OS. The number of amides is 1. The van der Waals surface area contributed by atoms with Crippen LogP contribution < -0.4 is 4.90 Å². The summed E-state index contributed by atoms with van der Waals surface area (Å²) < 4.78 is -0.392. The Hall–Kier alpha value is -2.02. The number of hydrogen-bond donors (Lipinski definition) is 0. The minimum atomic E-state index is -0.392. The van der Waals surface area contributed by atoms with Crippen molar-refractivity contribution in [3.63, 3.8) is 0 Å². The lowest BCUT2D eigenvalue weighted by molar-refractivity contribution is 0.226. The molecule has 5 nitrogen and oxygen atoms in total. The minimum absolute atomic E-state index is 0.00403. The van der Waals surface area contributed by atoms with Crippen molar-refractivity contribution in [1.82, 2.24) is 5.01 Å². The summed E-state index contributed by atoms with van der Waals surface area (Å²) in [6.45, 7) is 10.2. The van der Waals surface area contributed by atoms with Crippen molar-refractivity contribution >= 4 is 57.4 Å². The number of halogens is 2. The fourth-order valence-electron chi connectivity index (χ4n) is 4.31. The number of nitrogens with zero attached hydrogens (tertiary/aromatic N) is 4. The number of thioether (sulfide) groups is 1. The van der Waals surface area contributed by atoms with E-state index in [1.165, 1.54) is 17.3 Å². The van der Waals surface area contributed by atoms with Gasteiger partial charge >= 0.3 is 5.24 Å². The molecule has 33 heavy (non-hydrogen) atoms. The number of carbonyl (C=O) groups excluding carboxylic acids is 1. The van der Waals surface area contributed by atoms with Crippen LogP contribution in [-0.4, -0.2) is 46.2 Å². The topological polar surface area (TPSA) is 48.3 Å². The van der Waals surface area contributed by atoms with Gasteiger partial charge in [-0.3, -0.25) is 9.79 Å². The first-order valence-corrected chi connectivity index (χ1v) is 12.8. The predicted molar refractivity (Wildman–Crippen MR) is 142 cm³/mol. The van der Waals surface area contributed by atoms with Gasteiger partial charge in [0.15, 0.2) is 0 Å². The molecule has 0 bridgehead atoms. The van der Waals surface area contributed by atoms with Crippen LogP contribution in [0.1, 0.15) is 50.8 Å². The lowest BCUT2D eigenvalue weighted by Gasteiger charge is -2.35. The number of anilines is 1. The lowest BCUT2D eigenvalue weighted by atomic mass is 9.93. The van der Waals surface area contributed by atoms with E-state index in [1.54, 1.807) is 11.1 Å². The van der Waals surface area contributed by atoms with Gasteiger partial charge in [-0.15, -0.1) is 0 Å². The molecule has 2 aliphatic rings. The molecule has 2 heterocycles. The Bertz CT molecular complexity index is 1150. The summed E-state index contributed by atoms with van der Waals surface area (Å²) in [7, 11) is 0. The molecule has 0 aliphatic carbocycles. The molecule has 2 aliphatic heterocycles. The first kappa shape index (κ1) is 24.1. The Labute approximate surface area is 209 Å². The van der Waals surface area contributed by atoms with Crippen LogP contribution in [0, 0.1) is 0 Å². The largest absolute Gasteiger partial charge is 0.326 e. The van der Waals surface area contributed by atoms with E-state index < -0.39 is 4.75 Å². The van der Waals surface area contributed by atoms with Crippen molar-refractivity contribution in [2.75, 3.05) is 24.5 Å². The highest BCUT2D eigenvalue weighted by Crippen LogP contribution is 2.38. The molecule has 4 rings (SSSR count). The highest BCUT2D eigenvalue weighted by atomic mass is 35.5. The fourth-order valence-corrected chi connectivity index (χ4v) is 5.77. The van der Waals surface area contributed by atoms with Crippen LogP contribution in [0.15, 0.2) is 46.5 Å². The normalized spacial score (nSPS) is 18.3. The maximum atomic E-state index is 12.4. The first-order chi connectivity index (χ1) is 15.7. The molecule has 2 aromatic carbocycles. The molecule has 2 aromatic rings. The lowest BCUT2D eigenvalue weighted by Crippen LogP contribution is -2.41. The first-order valence-electron chi connectivity index (χ1n) is 11.3. The van der Waals surface area contributed by atoms with Gasteiger partial charge in [0.2, 0.25) is 0 Å². The van der Waals surface area contributed by atoms with E-state index in [2.05, 4.69) is 36.9 Å². The number of fused-ring (bicyclic) bond motifs is 1. The van der Waals surface area contributed by atoms with E-state index in [0.717, 1.165) is 47.7 Å². The molecule has 174 valence electrons. The van der Waals surface area contributed by atoms with Crippen LogP contribution in [0.5, 0.6) is 0 Å². The maximum Gasteiger partial charge on any atom is 0.302 e. The zero-order valence-corrected chi connectivity index (χ0v) is 21.7. The smallest absolute Gasteiger partial charge is 0.302 e. The molecule has 0 unspecified atom stereocenters. The second-order valence-electron chi connectivity index (χ2n) is 8.56. The van der Waals surface area contributed by atoms with E-state index in [9.17, 15) is 4.79 Å². The van der Waals surface area contributed by atoms with Crippen LogP contribution in [0.25, 0.3) is 0 Å². The second-order valence-corrected chi connectivity index (χ2v) is 11.0. The van der Waals surface area contributed by atoms with Crippen LogP contribution >= 0.6 is 35.0 Å². The molecule has 0 aromatic heterocycles. The maximum absolute atomic E-state index is 12.4. The average molecular weight is 503 g/mol. The van der Waals surface area contributed by atoms with Gasteiger partial charge in [-0.25, -0.2) is 5.01 Å². The van der Waals surface area contributed by atoms with Crippen LogP contribution in [-0.2, 0) is 6.42 Å². The van der Waals surface area contributed by atoms with Crippen molar-refractivity contribution in [3.8, 4) is 0 Å². The molecule has 0 atom stereocenters. The van der Waals surface area contributed by atoms with Gasteiger partial charge in [0.1, 0.15) is 5.84 Å². The zero-order chi connectivity index (χ0) is 23.8. The number of hydrazone groups is 1. The third-order valence-electron chi connectivity index (χ3n) is 5.85. The number of aliphatic imine (C=N–C) groups is 1. The SMILES string of the molecule is CC/N=C(/c1ccc(Cl)cc1Cl)N1CCCc2cc(C3=NN(CC)C(=O)SC3(C)C)ccc21. The average Bonchev–Trinajstić information content (AvgIpc) is 2.77. The molecule has 0 N–H and O–H groups in total. The van der Waals surface area contributed by atoms with Gasteiger partial charge in [0.25, 0.3) is 0 Å². The van der Waals surface area contributed by atoms with Gasteiger partial charge in [-0.2, -0.15) is 5.10 Å². The minimum Gasteiger partial charge on any atom is -0.326 e. The summed E-state index contributed by atoms with van der Waals surface area (Å²) in [5, 5.41) is 7.46. The third-order valence-corrected chi connectivity index (χ3v) is 7.49. The van der Waals surface area contributed by atoms with Gasteiger partial charge in [-0.05, 0) is 82.0 Å². The number of hydrogen-bond acceptors (Lipinski definition) is 4. The number of aryl methyl sites for hydroxylation is 1. The Morgan fingerprint density at radius 1 is 1.18 bits per heavy atom. The Kier molecular flexibility index (Phi) is 7.08. The molecule has 0 radical (unpaired) electrons. The van der Waals surface area contributed by atoms with Crippen molar-refractivity contribution in [2.45, 2.75) is 45.3 Å². The highest BCUT2D eigenvalue weighted by molar-refractivity contribution is 8.15. The Morgan fingerprint density at radius 2 is 1.97 bits per heavy atom. The van der Waals surface area contributed by atoms with Gasteiger partial charge in [-0.1, -0.05) is 41.0 Å². The summed E-state index contributed by atoms with van der Waals surface area (Å²) >= 11 is 14.0. The standard InChI is InChI=1S/C25H28Cl2N4OS/c1-5-28-23(19-11-10-18(26)15-20(19)27)30-13-7-8-16-14-17(9-12-21(16)30)22-25(3,4)33-24(32)31(6-2)29-22/h9-12,14-15H,5-8,13H2,1-4H3/b28-23-. The van der Waals surface area contributed by atoms with Crippen molar-refractivity contribution in [1.29, 1.82) is 0 Å². The highest BCUT2D eigenvalue weighted by Gasteiger charge is 2.37. The van der Waals surface area contributed by atoms with E-state index in [4.69, 9.17) is 33.3 Å². The summed E-state index contributed by atoms with van der Waals surface area (Å²) in [5.74, 6) is 0.863. The monoisotopic (exact) mass is 502 g/mol. The predicted octanol–water partition coefficient (Wildman–Crippen LogP) is 6.88. The number of carbonyl (C=O) groups is 1. The van der Waals surface area contributed by atoms with E-state index in [0.29, 0.717) is 23.1 Å². The molecule has 0 saturated carbocycles. The number of amidine groups is 1. The van der Waals surface area contributed by atoms with E-state index in [-0.39, 0.29) is 5.24 Å². The third kappa shape index (κ3) is 4.79. The zero-order valence-electron chi connectivity index (χ0n) is 19.4. The molecule has 8 heteroatoms. The number of benzene rings is 2. The summed E-state index contributed by atoms with van der Waals surface area (Å²) in [6.07, 6.45) is 1.99. The molecule has 0 fully saturated rings. The van der Waals surface area contributed by atoms with Gasteiger partial charge in [0.05, 0.1) is 15.5 Å².